The van der Waals surface area contributed by atoms with Gasteiger partial charge in [-0.2, -0.15) is 13.2 Å². The highest BCUT2D eigenvalue weighted by Gasteiger charge is 2.35. The van der Waals surface area contributed by atoms with Gasteiger partial charge in [0, 0.05) is 38.3 Å². The highest BCUT2D eigenvalue weighted by atomic mass is 19.4. The Hall–Kier alpha value is -1.23. The zero-order valence-electron chi connectivity index (χ0n) is 14.2. The van der Waals surface area contributed by atoms with Gasteiger partial charge in [-0.1, -0.05) is 18.2 Å². The van der Waals surface area contributed by atoms with Crippen LogP contribution in [0.15, 0.2) is 24.3 Å². The van der Waals surface area contributed by atoms with E-state index in [1.54, 1.807) is 0 Å². The van der Waals surface area contributed by atoms with Crippen molar-refractivity contribution in [2.24, 2.45) is 5.92 Å². The molecular formula is C19H27F3N2. The predicted molar refractivity (Wildman–Crippen MR) is 91.4 cm³/mol. The lowest BCUT2D eigenvalue weighted by molar-refractivity contribution is -0.143. The van der Waals surface area contributed by atoms with E-state index < -0.39 is 12.6 Å². The van der Waals surface area contributed by atoms with E-state index in [-0.39, 0.29) is 5.92 Å². The highest BCUT2D eigenvalue weighted by Crippen LogP contribution is 2.31. The van der Waals surface area contributed by atoms with Crippen molar-refractivity contribution in [3.8, 4) is 0 Å². The number of alkyl halides is 3. The molecule has 1 atom stereocenters. The first-order chi connectivity index (χ1) is 11.5. The molecule has 0 saturated carbocycles. The number of benzene rings is 1. The summed E-state index contributed by atoms with van der Waals surface area (Å²) in [4.78, 5) is 4.67. The molecule has 0 amide bonds. The Balaban J connectivity index is 1.54. The smallest absolute Gasteiger partial charge is 0.371 e. The second-order valence-electron chi connectivity index (χ2n) is 7.20. The maximum Gasteiger partial charge on any atom is 0.389 e. The summed E-state index contributed by atoms with van der Waals surface area (Å²) in [5.41, 5.74) is 2.65. The highest BCUT2D eigenvalue weighted by molar-refractivity contribution is 5.54. The van der Waals surface area contributed by atoms with Gasteiger partial charge in [-0.15, -0.1) is 0 Å². The SMILES string of the molecule is FC(F)(F)C[C@H]1CCN(CCc2ccccc2N2CCCCC2)C1. The number of likely N-dealkylation sites (tertiary alicyclic amines) is 1. The normalized spacial score (nSPS) is 23.0. The first-order valence-electron chi connectivity index (χ1n) is 9.13. The van der Waals surface area contributed by atoms with E-state index in [2.05, 4.69) is 34.1 Å². The molecule has 2 nitrogen and oxygen atoms in total. The Morgan fingerprint density at radius 3 is 2.50 bits per heavy atom. The summed E-state index contributed by atoms with van der Waals surface area (Å²) in [6.07, 6.45) is 0.750. The summed E-state index contributed by atoms with van der Waals surface area (Å²) in [6.45, 7) is 4.49. The summed E-state index contributed by atoms with van der Waals surface area (Å²) in [5.74, 6) is -0.220. The van der Waals surface area contributed by atoms with Gasteiger partial charge < -0.3 is 9.80 Å². The van der Waals surface area contributed by atoms with E-state index >= 15 is 0 Å². The lowest BCUT2D eigenvalue weighted by Gasteiger charge is -2.31. The Bertz CT molecular complexity index is 524. The van der Waals surface area contributed by atoms with Gasteiger partial charge in [0.15, 0.2) is 0 Å². The van der Waals surface area contributed by atoms with Crippen LogP contribution >= 0.6 is 0 Å². The van der Waals surface area contributed by atoms with E-state index in [4.69, 9.17) is 0 Å². The van der Waals surface area contributed by atoms with Crippen molar-refractivity contribution in [3.63, 3.8) is 0 Å². The molecule has 1 aromatic rings. The zero-order chi connectivity index (χ0) is 17.0. The predicted octanol–water partition coefficient (Wildman–Crippen LogP) is 4.49. The van der Waals surface area contributed by atoms with Gasteiger partial charge in [0.05, 0.1) is 0 Å². The van der Waals surface area contributed by atoms with Crippen LogP contribution in [-0.2, 0) is 6.42 Å². The molecule has 2 fully saturated rings. The summed E-state index contributed by atoms with van der Waals surface area (Å²) in [6, 6.07) is 8.52. The van der Waals surface area contributed by atoms with Crippen molar-refractivity contribution in [2.45, 2.75) is 44.7 Å². The van der Waals surface area contributed by atoms with Gasteiger partial charge in [-0.25, -0.2) is 0 Å². The fraction of sp³-hybridized carbons (Fsp3) is 0.684. The van der Waals surface area contributed by atoms with Crippen molar-refractivity contribution in [3.05, 3.63) is 29.8 Å². The number of nitrogens with zero attached hydrogens (tertiary/aromatic N) is 2. The van der Waals surface area contributed by atoms with Crippen molar-refractivity contribution >= 4 is 5.69 Å². The van der Waals surface area contributed by atoms with Crippen LogP contribution in [0.4, 0.5) is 18.9 Å². The molecular weight excluding hydrogens is 313 g/mol. The van der Waals surface area contributed by atoms with E-state index in [9.17, 15) is 13.2 Å². The fourth-order valence-electron chi connectivity index (χ4n) is 4.05. The number of piperidine rings is 1. The number of anilines is 1. The number of rotatable bonds is 5. The third-order valence-electron chi connectivity index (χ3n) is 5.28. The van der Waals surface area contributed by atoms with Gasteiger partial charge in [-0.05, 0) is 56.2 Å². The standard InChI is InChI=1S/C19H27F3N2/c20-19(21,22)14-16-8-12-23(15-16)13-9-17-6-2-3-7-18(17)24-10-4-1-5-11-24/h2-3,6-7,16H,1,4-5,8-15H2/t16-/m1/s1. The quantitative estimate of drug-likeness (QED) is 0.779. The Labute approximate surface area is 142 Å². The summed E-state index contributed by atoms with van der Waals surface area (Å²) in [5, 5.41) is 0. The summed E-state index contributed by atoms with van der Waals surface area (Å²) in [7, 11) is 0. The Morgan fingerprint density at radius 1 is 1.00 bits per heavy atom. The van der Waals surface area contributed by atoms with E-state index in [0.29, 0.717) is 13.0 Å². The molecule has 0 bridgehead atoms. The molecule has 0 aliphatic carbocycles. The van der Waals surface area contributed by atoms with Crippen LogP contribution in [0, 0.1) is 5.92 Å². The summed E-state index contributed by atoms with van der Waals surface area (Å²) < 4.78 is 37.6. The van der Waals surface area contributed by atoms with Crippen LogP contribution in [0.5, 0.6) is 0 Å². The Morgan fingerprint density at radius 2 is 1.75 bits per heavy atom. The minimum Gasteiger partial charge on any atom is -0.371 e. The first kappa shape index (κ1) is 17.6. The minimum atomic E-state index is -4.03. The molecule has 2 aliphatic heterocycles. The van der Waals surface area contributed by atoms with Gasteiger partial charge in [0.1, 0.15) is 0 Å². The Kier molecular flexibility index (Phi) is 5.69. The van der Waals surface area contributed by atoms with Crippen molar-refractivity contribution in [1.29, 1.82) is 0 Å². The molecule has 3 rings (SSSR count). The minimum absolute atomic E-state index is 0.220. The number of hydrogen-bond acceptors (Lipinski definition) is 2. The van der Waals surface area contributed by atoms with Crippen LogP contribution in [0.2, 0.25) is 0 Å². The third kappa shape index (κ3) is 4.88. The molecule has 2 heterocycles. The number of halogens is 3. The maximum absolute atomic E-state index is 12.5. The molecule has 0 aromatic heterocycles. The van der Waals surface area contributed by atoms with E-state index in [1.807, 2.05) is 0 Å². The lowest BCUT2D eigenvalue weighted by Crippen LogP contribution is -2.31. The van der Waals surface area contributed by atoms with Gasteiger partial charge in [-0.3, -0.25) is 0 Å². The van der Waals surface area contributed by atoms with Crippen LogP contribution < -0.4 is 4.90 Å². The van der Waals surface area contributed by atoms with Crippen molar-refractivity contribution in [1.82, 2.24) is 4.90 Å². The van der Waals surface area contributed by atoms with Gasteiger partial charge in [0.25, 0.3) is 0 Å². The molecule has 24 heavy (non-hydrogen) atoms. The second-order valence-corrected chi connectivity index (χ2v) is 7.20. The van der Waals surface area contributed by atoms with Crippen LogP contribution in [0.1, 0.15) is 37.7 Å². The molecule has 5 heteroatoms. The third-order valence-corrected chi connectivity index (χ3v) is 5.28. The maximum atomic E-state index is 12.5. The van der Waals surface area contributed by atoms with E-state index in [1.165, 1.54) is 30.5 Å². The fourth-order valence-corrected chi connectivity index (χ4v) is 4.05. The van der Waals surface area contributed by atoms with E-state index in [0.717, 1.165) is 32.6 Å². The van der Waals surface area contributed by atoms with Crippen LogP contribution in [-0.4, -0.2) is 43.8 Å². The largest absolute Gasteiger partial charge is 0.389 e. The van der Waals surface area contributed by atoms with Gasteiger partial charge in [0.2, 0.25) is 0 Å². The zero-order valence-corrected chi connectivity index (χ0v) is 14.2. The molecule has 0 radical (unpaired) electrons. The first-order valence-corrected chi connectivity index (χ1v) is 9.13. The van der Waals surface area contributed by atoms with Crippen molar-refractivity contribution in [2.75, 3.05) is 37.6 Å². The molecule has 134 valence electrons. The average molecular weight is 340 g/mol. The topological polar surface area (TPSA) is 6.48 Å². The lowest BCUT2D eigenvalue weighted by atomic mass is 10.0. The van der Waals surface area contributed by atoms with Crippen LogP contribution in [0.25, 0.3) is 0 Å². The molecule has 2 aliphatic rings. The van der Waals surface area contributed by atoms with Crippen molar-refractivity contribution < 1.29 is 13.2 Å². The molecule has 0 spiro atoms. The second kappa shape index (κ2) is 7.77. The average Bonchev–Trinajstić information content (AvgIpc) is 2.99. The van der Waals surface area contributed by atoms with Gasteiger partial charge >= 0.3 is 6.18 Å². The molecule has 1 aromatic carbocycles. The molecule has 0 N–H and O–H groups in total. The summed E-state index contributed by atoms with van der Waals surface area (Å²) >= 11 is 0. The molecule has 0 unspecified atom stereocenters. The number of para-hydroxylation sites is 1. The monoisotopic (exact) mass is 340 g/mol. The molecule has 2 saturated heterocycles. The van der Waals surface area contributed by atoms with Crippen LogP contribution in [0.3, 0.4) is 0 Å². The number of hydrogen-bond donors (Lipinski definition) is 0.